The molecule has 148 valence electrons. The van der Waals surface area contributed by atoms with E-state index in [-0.39, 0.29) is 11.8 Å². The van der Waals surface area contributed by atoms with Crippen molar-refractivity contribution in [2.45, 2.75) is 34.8 Å². The molecule has 0 bridgehead atoms. The number of aromatic nitrogens is 6. The normalized spacial score (nSPS) is 15.1. The Labute approximate surface area is 173 Å². The van der Waals surface area contributed by atoms with Crippen molar-refractivity contribution in [3.05, 3.63) is 36.7 Å². The maximum Gasteiger partial charge on any atom is 0.228 e. The van der Waals surface area contributed by atoms with Crippen LogP contribution in [0.4, 0.5) is 5.82 Å². The van der Waals surface area contributed by atoms with Crippen LogP contribution in [0.5, 0.6) is 0 Å². The highest BCUT2D eigenvalue weighted by Crippen LogP contribution is 2.30. The molecule has 0 aliphatic heterocycles. The zero-order valence-electron chi connectivity index (χ0n) is 15.5. The van der Waals surface area contributed by atoms with Crippen molar-refractivity contribution in [2.24, 2.45) is 5.92 Å². The molecular weight excluding hydrogens is 410 g/mol. The fraction of sp³-hybridized carbons (Fsp3) is 0.278. The van der Waals surface area contributed by atoms with Crippen LogP contribution in [0.3, 0.4) is 0 Å². The summed E-state index contributed by atoms with van der Waals surface area (Å²) in [5.41, 5.74) is 1.32. The van der Waals surface area contributed by atoms with Gasteiger partial charge >= 0.3 is 0 Å². The van der Waals surface area contributed by atoms with E-state index in [1.54, 1.807) is 23.0 Å². The summed E-state index contributed by atoms with van der Waals surface area (Å²) < 4.78 is 15.6. The second-order valence-corrected chi connectivity index (χ2v) is 9.40. The first-order valence-electron chi connectivity index (χ1n) is 9.19. The highest BCUT2D eigenvalue weighted by molar-refractivity contribution is 7.99. The van der Waals surface area contributed by atoms with Gasteiger partial charge in [0.25, 0.3) is 0 Å². The zero-order chi connectivity index (χ0) is 20.0. The van der Waals surface area contributed by atoms with E-state index in [2.05, 4.69) is 25.6 Å². The van der Waals surface area contributed by atoms with Crippen LogP contribution in [-0.4, -0.2) is 45.4 Å². The number of anilines is 1. The smallest absolute Gasteiger partial charge is 0.228 e. The fourth-order valence-corrected chi connectivity index (χ4v) is 4.42. The summed E-state index contributed by atoms with van der Waals surface area (Å²) in [7, 11) is 0. The van der Waals surface area contributed by atoms with E-state index < -0.39 is 11.2 Å². The van der Waals surface area contributed by atoms with Crippen molar-refractivity contribution >= 4 is 46.0 Å². The molecule has 1 unspecified atom stereocenters. The number of amides is 1. The van der Waals surface area contributed by atoms with Crippen LogP contribution < -0.4 is 5.32 Å². The number of fused-ring (bicyclic) bond motifs is 2. The van der Waals surface area contributed by atoms with Gasteiger partial charge in [0.2, 0.25) is 11.1 Å². The topological polar surface area (TPSA) is 113 Å². The SMILES string of the molecule is CC[S+]([O-])c1ccc2nnc(Sc3ccc4nc(NC(=O)C5CC5)cn4n3)n2c1. The molecule has 0 aromatic carbocycles. The number of carbonyl (C=O) groups is 1. The summed E-state index contributed by atoms with van der Waals surface area (Å²) in [4.78, 5) is 17.0. The molecule has 1 amide bonds. The van der Waals surface area contributed by atoms with Crippen LogP contribution in [-0.2, 0) is 16.0 Å². The summed E-state index contributed by atoms with van der Waals surface area (Å²) in [5, 5.41) is 17.1. The molecule has 1 atom stereocenters. The van der Waals surface area contributed by atoms with Crippen molar-refractivity contribution in [1.82, 2.24) is 29.2 Å². The van der Waals surface area contributed by atoms with Crippen LogP contribution in [0, 0.1) is 5.92 Å². The lowest BCUT2D eigenvalue weighted by molar-refractivity contribution is -0.117. The average Bonchev–Trinajstić information content (AvgIpc) is 3.41. The Morgan fingerprint density at radius 2 is 2.07 bits per heavy atom. The van der Waals surface area contributed by atoms with Crippen LogP contribution in [0.25, 0.3) is 11.3 Å². The molecule has 5 rings (SSSR count). The van der Waals surface area contributed by atoms with Gasteiger partial charge in [-0.25, -0.2) is 9.50 Å². The largest absolute Gasteiger partial charge is 0.611 e. The van der Waals surface area contributed by atoms with Crippen molar-refractivity contribution in [3.63, 3.8) is 0 Å². The van der Waals surface area contributed by atoms with Crippen LogP contribution in [0.2, 0.25) is 0 Å². The quantitative estimate of drug-likeness (QED) is 0.470. The summed E-state index contributed by atoms with van der Waals surface area (Å²) in [6, 6.07) is 7.30. The van der Waals surface area contributed by atoms with Crippen LogP contribution in [0.15, 0.2) is 51.7 Å². The van der Waals surface area contributed by atoms with Gasteiger partial charge in [-0.2, -0.15) is 5.10 Å². The predicted molar refractivity (Wildman–Crippen MR) is 108 cm³/mol. The minimum Gasteiger partial charge on any atom is -0.611 e. The summed E-state index contributed by atoms with van der Waals surface area (Å²) >= 11 is 0.295. The molecule has 0 radical (unpaired) electrons. The van der Waals surface area contributed by atoms with Gasteiger partial charge in [0.05, 0.1) is 12.4 Å². The summed E-state index contributed by atoms with van der Waals surface area (Å²) in [6.45, 7) is 1.88. The van der Waals surface area contributed by atoms with Crippen molar-refractivity contribution in [1.29, 1.82) is 0 Å². The summed E-state index contributed by atoms with van der Waals surface area (Å²) in [6.07, 6.45) is 5.39. The Morgan fingerprint density at radius 1 is 1.24 bits per heavy atom. The number of hydrogen-bond donors (Lipinski definition) is 1. The molecule has 1 aliphatic carbocycles. The number of nitrogens with one attached hydrogen (secondary N) is 1. The molecule has 4 aromatic heterocycles. The van der Waals surface area contributed by atoms with Crippen molar-refractivity contribution in [2.75, 3.05) is 11.1 Å². The molecular formula is C18H17N7O2S2. The lowest BCUT2D eigenvalue weighted by Gasteiger charge is -2.08. The molecule has 0 saturated heterocycles. The van der Waals surface area contributed by atoms with E-state index >= 15 is 0 Å². The minimum absolute atomic E-state index is 0.0122. The number of nitrogens with zero attached hydrogens (tertiary/aromatic N) is 6. The van der Waals surface area contributed by atoms with Gasteiger partial charge in [-0.3, -0.25) is 9.20 Å². The van der Waals surface area contributed by atoms with E-state index in [0.717, 1.165) is 17.7 Å². The van der Waals surface area contributed by atoms with Gasteiger partial charge in [0.15, 0.2) is 22.0 Å². The Bertz CT molecular complexity index is 1220. The lowest BCUT2D eigenvalue weighted by atomic mass is 10.4. The molecule has 1 N–H and O–H groups in total. The maximum atomic E-state index is 12.1. The molecule has 11 heteroatoms. The highest BCUT2D eigenvalue weighted by atomic mass is 32.2. The van der Waals surface area contributed by atoms with Gasteiger partial charge in [-0.05, 0) is 67.0 Å². The molecule has 9 nitrogen and oxygen atoms in total. The van der Waals surface area contributed by atoms with Crippen molar-refractivity contribution in [3.8, 4) is 0 Å². The lowest BCUT2D eigenvalue weighted by Crippen LogP contribution is -2.13. The predicted octanol–water partition coefficient (Wildman–Crippen LogP) is 2.40. The average molecular weight is 428 g/mol. The van der Waals surface area contributed by atoms with Gasteiger partial charge < -0.3 is 9.87 Å². The van der Waals surface area contributed by atoms with E-state index in [4.69, 9.17) is 0 Å². The molecule has 1 aliphatic rings. The number of carbonyl (C=O) groups excluding carboxylic acids is 1. The van der Waals surface area contributed by atoms with E-state index in [0.29, 0.717) is 33.0 Å². The second kappa shape index (κ2) is 7.32. The van der Waals surface area contributed by atoms with Crippen LogP contribution >= 0.6 is 11.8 Å². The maximum absolute atomic E-state index is 12.1. The number of hydrogen-bond acceptors (Lipinski definition) is 7. The van der Waals surface area contributed by atoms with Gasteiger partial charge in [-0.15, -0.1) is 10.2 Å². The van der Waals surface area contributed by atoms with E-state index in [9.17, 15) is 9.35 Å². The molecule has 4 heterocycles. The second-order valence-electron chi connectivity index (χ2n) is 6.68. The van der Waals surface area contributed by atoms with Crippen molar-refractivity contribution < 1.29 is 9.35 Å². The monoisotopic (exact) mass is 427 g/mol. The number of pyridine rings is 1. The summed E-state index contributed by atoms with van der Waals surface area (Å²) in [5.74, 6) is 1.18. The third kappa shape index (κ3) is 3.68. The van der Waals surface area contributed by atoms with Gasteiger partial charge in [-0.1, -0.05) is 0 Å². The van der Waals surface area contributed by atoms with Gasteiger partial charge in [0, 0.05) is 5.92 Å². The first kappa shape index (κ1) is 18.4. The van der Waals surface area contributed by atoms with E-state index in [1.165, 1.54) is 11.8 Å². The first-order chi connectivity index (χ1) is 14.1. The molecule has 1 saturated carbocycles. The third-order valence-electron chi connectivity index (χ3n) is 4.56. The fourth-order valence-electron chi connectivity index (χ4n) is 2.87. The molecule has 4 aromatic rings. The Morgan fingerprint density at radius 3 is 2.86 bits per heavy atom. The van der Waals surface area contributed by atoms with E-state index in [1.807, 2.05) is 29.5 Å². The van der Waals surface area contributed by atoms with Gasteiger partial charge in [0.1, 0.15) is 10.8 Å². The molecule has 0 spiro atoms. The Hall–Kier alpha value is -2.63. The number of rotatable bonds is 6. The van der Waals surface area contributed by atoms with Crippen LogP contribution in [0.1, 0.15) is 19.8 Å². The molecule has 29 heavy (non-hydrogen) atoms. The first-order valence-corrected chi connectivity index (χ1v) is 11.3. The Balaban J connectivity index is 1.41. The third-order valence-corrected chi connectivity index (χ3v) is 6.74. The number of imidazole rings is 1. The minimum atomic E-state index is -1.05. The standard InChI is InChI=1S/C18H17N7O2S2/c1-2-29(27)12-5-6-15-21-22-18(24(15)9-12)28-16-8-7-14-19-13(10-25(14)23-16)20-17(26)11-3-4-11/h5-11H,2-4H2,1H3,(H,20,26). The zero-order valence-corrected chi connectivity index (χ0v) is 17.1. The molecule has 1 fully saturated rings. The Kier molecular flexibility index (Phi) is 4.64. The highest BCUT2D eigenvalue weighted by Gasteiger charge is 2.30.